The van der Waals surface area contributed by atoms with Crippen LogP contribution in [0.3, 0.4) is 0 Å². The van der Waals surface area contributed by atoms with Crippen LogP contribution in [0.25, 0.3) is 28.1 Å². The van der Waals surface area contributed by atoms with Gasteiger partial charge in [-0.05, 0) is 90.7 Å². The summed E-state index contributed by atoms with van der Waals surface area (Å²) in [5.41, 5.74) is 9.60. The third kappa shape index (κ3) is 9.78. The number of aliphatic imine (C=N–C) groups is 2. The first-order chi connectivity index (χ1) is 22.1. The number of aromatic nitrogens is 2. The molecule has 7 heteroatoms. The molecule has 0 amide bonds. The van der Waals surface area contributed by atoms with Gasteiger partial charge in [0.05, 0.1) is 40.2 Å². The standard InChI is InChI=1S/C39H51ClN6/c1-8-14-28(3)24-39(5,6)43-27-37-34(9-2)45-35(26-42-37)31-16-12-15-30(23-31)32-17-13-18-33(38(32)40)36(25-41-7)44-29(4)19-22-46-20-10-11-21-46/h12-13,15-18,23,25-26,43H,3,7-11,14,19-22,24,27H2,1-2,4-6H3/b36-25-,44-29-. The zero-order valence-electron chi connectivity index (χ0n) is 28.5. The van der Waals surface area contributed by atoms with Gasteiger partial charge < -0.3 is 10.2 Å². The van der Waals surface area contributed by atoms with E-state index in [9.17, 15) is 0 Å². The molecule has 2 heterocycles. The summed E-state index contributed by atoms with van der Waals surface area (Å²) >= 11 is 7.10. The topological polar surface area (TPSA) is 65.8 Å². The molecule has 0 radical (unpaired) electrons. The van der Waals surface area contributed by atoms with Gasteiger partial charge in [-0.1, -0.05) is 80.4 Å². The van der Waals surface area contributed by atoms with Gasteiger partial charge >= 0.3 is 0 Å². The first kappa shape index (κ1) is 35.4. The number of hydrogen-bond acceptors (Lipinski definition) is 6. The van der Waals surface area contributed by atoms with Crippen molar-refractivity contribution < 1.29 is 0 Å². The lowest BCUT2D eigenvalue weighted by molar-refractivity contribution is 0.349. The summed E-state index contributed by atoms with van der Waals surface area (Å²) in [7, 11) is 0. The van der Waals surface area contributed by atoms with Crippen molar-refractivity contribution in [2.75, 3.05) is 19.6 Å². The highest BCUT2D eigenvalue weighted by Gasteiger charge is 2.20. The Hall–Kier alpha value is -3.45. The third-order valence-electron chi connectivity index (χ3n) is 8.55. The fraction of sp³-hybridized carbons (Fsp3) is 0.436. The van der Waals surface area contributed by atoms with E-state index < -0.39 is 0 Å². The SMILES string of the molecule is C=N/C=C(\N=C(\C)CCN1CCCC1)c1cccc(-c2cccc(-c3cnc(CNC(C)(C)CC(=C)CCC)c(CC)n3)c2)c1Cl. The Morgan fingerprint density at radius 1 is 1.07 bits per heavy atom. The van der Waals surface area contributed by atoms with Gasteiger partial charge in [0.1, 0.15) is 0 Å². The van der Waals surface area contributed by atoms with Crippen LogP contribution in [0, 0.1) is 0 Å². The summed E-state index contributed by atoms with van der Waals surface area (Å²) in [4.78, 5) is 21.4. The minimum Gasteiger partial charge on any atom is -0.306 e. The summed E-state index contributed by atoms with van der Waals surface area (Å²) in [6, 6.07) is 14.4. The van der Waals surface area contributed by atoms with Crippen LogP contribution in [0.4, 0.5) is 0 Å². The monoisotopic (exact) mass is 638 g/mol. The maximum absolute atomic E-state index is 7.10. The molecule has 0 saturated carbocycles. The number of nitrogens with zero attached hydrogens (tertiary/aromatic N) is 5. The lowest BCUT2D eigenvalue weighted by atomic mass is 9.93. The van der Waals surface area contributed by atoms with Crippen LogP contribution < -0.4 is 5.32 Å². The summed E-state index contributed by atoms with van der Waals surface area (Å²) in [6.45, 7) is 22.9. The molecule has 0 atom stereocenters. The quantitative estimate of drug-likeness (QED) is 0.125. The Bertz CT molecular complexity index is 1560. The average Bonchev–Trinajstić information content (AvgIpc) is 3.56. The van der Waals surface area contributed by atoms with E-state index in [-0.39, 0.29) is 5.54 Å². The molecule has 1 saturated heterocycles. The summed E-state index contributed by atoms with van der Waals surface area (Å²) in [5.74, 6) is 0. The van der Waals surface area contributed by atoms with E-state index in [2.05, 4.69) is 81.3 Å². The Balaban J connectivity index is 1.55. The molecule has 6 nitrogen and oxygen atoms in total. The van der Waals surface area contributed by atoms with E-state index in [0.717, 1.165) is 89.4 Å². The zero-order valence-corrected chi connectivity index (χ0v) is 29.3. The van der Waals surface area contributed by atoms with Crippen LogP contribution in [0.2, 0.25) is 5.02 Å². The van der Waals surface area contributed by atoms with Crippen molar-refractivity contribution in [3.8, 4) is 22.4 Å². The normalized spacial score (nSPS) is 14.6. The summed E-state index contributed by atoms with van der Waals surface area (Å²) < 4.78 is 0. The number of aryl methyl sites for hydroxylation is 1. The van der Waals surface area contributed by atoms with E-state index in [4.69, 9.17) is 26.6 Å². The van der Waals surface area contributed by atoms with Crippen molar-refractivity contribution in [2.24, 2.45) is 9.98 Å². The average molecular weight is 639 g/mol. The van der Waals surface area contributed by atoms with Gasteiger partial charge in [-0.15, -0.1) is 0 Å². The highest BCUT2D eigenvalue weighted by Crippen LogP contribution is 2.36. The Morgan fingerprint density at radius 2 is 1.80 bits per heavy atom. The molecule has 4 rings (SSSR count). The second kappa shape index (κ2) is 16.9. The van der Waals surface area contributed by atoms with Crippen molar-refractivity contribution in [1.29, 1.82) is 0 Å². The van der Waals surface area contributed by atoms with Crippen LogP contribution in [-0.4, -0.2) is 52.5 Å². The molecule has 1 aliphatic heterocycles. The zero-order chi connectivity index (χ0) is 33.1. The van der Waals surface area contributed by atoms with E-state index >= 15 is 0 Å². The van der Waals surface area contributed by atoms with E-state index in [1.165, 1.54) is 31.5 Å². The predicted octanol–water partition coefficient (Wildman–Crippen LogP) is 9.59. The van der Waals surface area contributed by atoms with E-state index in [1.54, 1.807) is 6.20 Å². The second-order valence-corrected chi connectivity index (χ2v) is 13.4. The number of hydrogen-bond donors (Lipinski definition) is 1. The highest BCUT2D eigenvalue weighted by molar-refractivity contribution is 6.35. The largest absolute Gasteiger partial charge is 0.306 e. The lowest BCUT2D eigenvalue weighted by Gasteiger charge is -2.27. The summed E-state index contributed by atoms with van der Waals surface area (Å²) in [5, 5.41) is 4.32. The van der Waals surface area contributed by atoms with Gasteiger partial charge in [-0.25, -0.2) is 4.98 Å². The molecule has 1 aliphatic rings. The van der Waals surface area contributed by atoms with Crippen LogP contribution in [0.15, 0.2) is 77.0 Å². The fourth-order valence-corrected chi connectivity index (χ4v) is 6.44. The van der Waals surface area contributed by atoms with Crippen LogP contribution in [-0.2, 0) is 13.0 Å². The van der Waals surface area contributed by atoms with Gasteiger partial charge in [-0.3, -0.25) is 15.0 Å². The number of rotatable bonds is 16. The molecule has 0 bridgehead atoms. The molecule has 2 aromatic carbocycles. The van der Waals surface area contributed by atoms with Crippen molar-refractivity contribution in [1.82, 2.24) is 20.2 Å². The maximum atomic E-state index is 7.10. The first-order valence-electron chi connectivity index (χ1n) is 16.7. The number of nitrogens with one attached hydrogen (secondary N) is 1. The minimum absolute atomic E-state index is 0.0614. The first-order valence-corrected chi connectivity index (χ1v) is 17.1. The van der Waals surface area contributed by atoms with Gasteiger partial charge in [0.2, 0.25) is 0 Å². The third-order valence-corrected chi connectivity index (χ3v) is 8.96. The molecule has 1 fully saturated rings. The van der Waals surface area contributed by atoms with E-state index in [0.29, 0.717) is 11.6 Å². The van der Waals surface area contributed by atoms with Gasteiger partial charge in [0.15, 0.2) is 0 Å². The lowest BCUT2D eigenvalue weighted by Crippen LogP contribution is -2.39. The highest BCUT2D eigenvalue weighted by atomic mass is 35.5. The molecule has 0 spiro atoms. The second-order valence-electron chi connectivity index (χ2n) is 13.0. The Kier molecular flexibility index (Phi) is 13.0. The predicted molar refractivity (Wildman–Crippen MR) is 198 cm³/mol. The molecule has 0 aliphatic carbocycles. The summed E-state index contributed by atoms with van der Waals surface area (Å²) in [6.07, 6.45) is 11.0. The maximum Gasteiger partial charge on any atom is 0.0898 e. The fourth-order valence-electron chi connectivity index (χ4n) is 6.11. The molecule has 0 unspecified atom stereocenters. The molecule has 3 aromatic rings. The number of halogens is 1. The minimum atomic E-state index is -0.0614. The molecular weight excluding hydrogens is 588 g/mol. The number of benzene rings is 2. The van der Waals surface area contributed by atoms with Crippen LogP contribution in [0.1, 0.15) is 90.1 Å². The van der Waals surface area contributed by atoms with Gasteiger partial charge in [-0.2, -0.15) is 0 Å². The Morgan fingerprint density at radius 3 is 2.52 bits per heavy atom. The van der Waals surface area contributed by atoms with Crippen molar-refractivity contribution in [3.63, 3.8) is 0 Å². The van der Waals surface area contributed by atoms with Crippen molar-refractivity contribution in [3.05, 3.63) is 89.0 Å². The van der Waals surface area contributed by atoms with Gasteiger partial charge in [0, 0.05) is 41.0 Å². The molecule has 1 aromatic heterocycles. The Labute approximate surface area is 281 Å². The smallest absolute Gasteiger partial charge is 0.0898 e. The van der Waals surface area contributed by atoms with Crippen LogP contribution in [0.5, 0.6) is 0 Å². The number of likely N-dealkylation sites (tertiary alicyclic amines) is 1. The van der Waals surface area contributed by atoms with E-state index in [1.807, 2.05) is 30.5 Å². The van der Waals surface area contributed by atoms with Gasteiger partial charge in [0.25, 0.3) is 0 Å². The van der Waals surface area contributed by atoms with Crippen LogP contribution >= 0.6 is 11.6 Å². The van der Waals surface area contributed by atoms with Crippen molar-refractivity contribution >= 4 is 29.7 Å². The molecule has 46 heavy (non-hydrogen) atoms. The molecule has 1 N–H and O–H groups in total. The van der Waals surface area contributed by atoms with Crippen molar-refractivity contribution in [2.45, 2.75) is 91.6 Å². The molecular formula is C39H51ClN6. The molecule has 244 valence electrons.